The van der Waals surface area contributed by atoms with Crippen LogP contribution in [-0.2, 0) is 19.1 Å². The average molecular weight is 469 g/mol. The van der Waals surface area contributed by atoms with E-state index in [4.69, 9.17) is 22.1 Å². The number of alkyl carbamates (subject to hydrolysis) is 1. The van der Waals surface area contributed by atoms with Gasteiger partial charge in [-0.05, 0) is 26.3 Å². The summed E-state index contributed by atoms with van der Waals surface area (Å²) in [6.45, 7) is 4.52. The largest absolute Gasteiger partial charge is 0.444 e. The third-order valence-corrected chi connectivity index (χ3v) is 5.13. The number of hydrogen-bond acceptors (Lipinski definition) is 6. The summed E-state index contributed by atoms with van der Waals surface area (Å²) in [6, 6.07) is 6.31. The first kappa shape index (κ1) is 25.4. The number of benzene rings is 1. The number of primary amides is 1. The number of hydrogen-bond donors (Lipinski definition) is 4. The van der Waals surface area contributed by atoms with Crippen molar-refractivity contribution in [2.75, 3.05) is 13.1 Å². The van der Waals surface area contributed by atoms with Crippen molar-refractivity contribution in [2.24, 2.45) is 5.73 Å². The molecule has 0 bridgehead atoms. The predicted octanol–water partition coefficient (Wildman–Crippen LogP) is 0.423. The van der Waals surface area contributed by atoms with Crippen molar-refractivity contribution in [1.82, 2.24) is 15.5 Å². The van der Waals surface area contributed by atoms with Crippen LogP contribution in [0, 0.1) is 0 Å². The fourth-order valence-corrected chi connectivity index (χ4v) is 3.47. The second-order valence-corrected chi connectivity index (χ2v) is 8.95. The summed E-state index contributed by atoms with van der Waals surface area (Å²) >= 11 is 6.21. The average Bonchev–Trinajstić information content (AvgIpc) is 3.11. The second-order valence-electron chi connectivity index (χ2n) is 8.52. The number of nitrogens with two attached hydrogens (primary N) is 1. The molecular formula is C21H29ClN4O6. The number of nitrogens with zero attached hydrogens (tertiary/aromatic N) is 1. The molecule has 0 radical (unpaired) electrons. The molecule has 32 heavy (non-hydrogen) atoms. The van der Waals surface area contributed by atoms with Gasteiger partial charge in [-0.2, -0.15) is 0 Å². The third-order valence-electron chi connectivity index (χ3n) is 4.68. The fraction of sp³-hybridized carbons (Fsp3) is 0.524. The molecule has 4 atom stereocenters. The molecule has 0 spiro atoms. The summed E-state index contributed by atoms with van der Waals surface area (Å²) < 4.78 is 5.20. The minimum Gasteiger partial charge on any atom is -0.444 e. The lowest BCUT2D eigenvalue weighted by atomic mass is 10.1. The highest BCUT2D eigenvalue weighted by molar-refractivity contribution is 6.30. The van der Waals surface area contributed by atoms with Crippen LogP contribution in [0.3, 0.4) is 0 Å². The van der Waals surface area contributed by atoms with E-state index < -0.39 is 53.0 Å². The van der Waals surface area contributed by atoms with Crippen molar-refractivity contribution in [3.8, 4) is 0 Å². The summed E-state index contributed by atoms with van der Waals surface area (Å²) in [6.07, 6.45) is -1.82. The molecule has 1 fully saturated rings. The van der Waals surface area contributed by atoms with Crippen LogP contribution in [0.15, 0.2) is 30.3 Å². The zero-order valence-corrected chi connectivity index (χ0v) is 19.0. The standard InChI is InChI=1S/C21H29ClN4O6/c1-21(2,3)32-20(31)25-14(19(30)26-11-13(27)9-15(26)17(23)28)10-24-18(29)16(22)12-7-5-4-6-8-12/h4-8,13-16,27H,9-11H2,1-3H3,(H2,23,28)(H,24,29)(H,25,31)/t13-,14+,15+,16?/m1/s1. The van der Waals surface area contributed by atoms with Gasteiger partial charge in [0.05, 0.1) is 6.10 Å². The van der Waals surface area contributed by atoms with Crippen LogP contribution in [0.2, 0.25) is 0 Å². The molecule has 176 valence electrons. The van der Waals surface area contributed by atoms with Gasteiger partial charge in [0.25, 0.3) is 0 Å². The van der Waals surface area contributed by atoms with Crippen molar-refractivity contribution in [3.63, 3.8) is 0 Å². The predicted molar refractivity (Wildman–Crippen MR) is 117 cm³/mol. The van der Waals surface area contributed by atoms with Crippen molar-refractivity contribution >= 4 is 35.4 Å². The maximum atomic E-state index is 13.1. The number of aliphatic hydroxyl groups is 1. The normalized spacial score (nSPS) is 20.2. The highest BCUT2D eigenvalue weighted by Crippen LogP contribution is 2.21. The number of carbonyl (C=O) groups excluding carboxylic acids is 4. The van der Waals surface area contributed by atoms with Crippen molar-refractivity contribution < 1.29 is 29.0 Å². The van der Waals surface area contributed by atoms with Gasteiger partial charge in [-0.1, -0.05) is 30.3 Å². The molecule has 1 aliphatic rings. The van der Waals surface area contributed by atoms with Crippen LogP contribution in [0.4, 0.5) is 4.79 Å². The van der Waals surface area contributed by atoms with Gasteiger partial charge >= 0.3 is 6.09 Å². The number of alkyl halides is 1. The van der Waals surface area contributed by atoms with Crippen LogP contribution in [0.25, 0.3) is 0 Å². The zero-order valence-electron chi connectivity index (χ0n) is 18.2. The Kier molecular flexibility index (Phi) is 8.45. The molecule has 1 heterocycles. The Hall–Kier alpha value is -2.85. The van der Waals surface area contributed by atoms with Crippen LogP contribution < -0.4 is 16.4 Å². The Bertz CT molecular complexity index is 844. The van der Waals surface area contributed by atoms with E-state index in [1.165, 1.54) is 0 Å². The Morgan fingerprint density at radius 3 is 2.44 bits per heavy atom. The van der Waals surface area contributed by atoms with E-state index in [-0.39, 0.29) is 19.5 Å². The minimum absolute atomic E-state index is 0.00957. The molecule has 1 aromatic carbocycles. The number of carbonyl (C=O) groups is 4. The number of amides is 4. The summed E-state index contributed by atoms with van der Waals surface area (Å²) in [5.74, 6) is -2.04. The Labute approximate surface area is 191 Å². The molecule has 1 saturated heterocycles. The van der Waals surface area contributed by atoms with Gasteiger partial charge in [-0.3, -0.25) is 14.4 Å². The van der Waals surface area contributed by atoms with Crippen LogP contribution >= 0.6 is 11.6 Å². The zero-order chi connectivity index (χ0) is 24.1. The van der Waals surface area contributed by atoms with E-state index in [2.05, 4.69) is 10.6 Å². The van der Waals surface area contributed by atoms with Crippen LogP contribution in [-0.4, -0.2) is 70.7 Å². The number of ether oxygens (including phenoxy) is 1. The highest BCUT2D eigenvalue weighted by Gasteiger charge is 2.41. The first-order valence-electron chi connectivity index (χ1n) is 10.1. The molecule has 1 aromatic rings. The maximum Gasteiger partial charge on any atom is 0.408 e. The van der Waals surface area contributed by atoms with E-state index >= 15 is 0 Å². The van der Waals surface area contributed by atoms with Gasteiger partial charge in [0.2, 0.25) is 17.7 Å². The molecular weight excluding hydrogens is 440 g/mol. The van der Waals surface area contributed by atoms with Gasteiger partial charge in [-0.15, -0.1) is 11.6 Å². The molecule has 0 aliphatic carbocycles. The van der Waals surface area contributed by atoms with E-state index in [0.29, 0.717) is 5.56 Å². The number of β-amino-alcohol motifs (C(OH)–C–C–N with tert-alkyl or cyclic N) is 1. The topological polar surface area (TPSA) is 151 Å². The Morgan fingerprint density at radius 1 is 1.25 bits per heavy atom. The van der Waals surface area contributed by atoms with Gasteiger partial charge in [0.15, 0.2) is 0 Å². The van der Waals surface area contributed by atoms with Crippen LogP contribution in [0.1, 0.15) is 38.1 Å². The molecule has 0 aromatic heterocycles. The highest BCUT2D eigenvalue weighted by atomic mass is 35.5. The summed E-state index contributed by atoms with van der Waals surface area (Å²) in [5.41, 5.74) is 5.09. The third kappa shape index (κ3) is 7.10. The first-order valence-corrected chi connectivity index (χ1v) is 10.6. The molecule has 5 N–H and O–H groups in total. The Morgan fingerprint density at radius 2 is 1.88 bits per heavy atom. The molecule has 11 heteroatoms. The van der Waals surface area contributed by atoms with E-state index in [1.54, 1.807) is 51.1 Å². The number of rotatable bonds is 7. The monoisotopic (exact) mass is 468 g/mol. The van der Waals surface area contributed by atoms with Crippen molar-refractivity contribution in [2.45, 2.75) is 56.4 Å². The number of halogens is 1. The molecule has 1 aliphatic heterocycles. The SMILES string of the molecule is CC(C)(C)OC(=O)N[C@@H](CNC(=O)C(Cl)c1ccccc1)C(=O)N1C[C@H](O)C[C@H]1C(N)=O. The lowest BCUT2D eigenvalue weighted by molar-refractivity contribution is -0.139. The van der Waals surface area contributed by atoms with Gasteiger partial charge in [0, 0.05) is 19.5 Å². The van der Waals surface area contributed by atoms with Crippen LogP contribution in [0.5, 0.6) is 0 Å². The Balaban J connectivity index is 2.14. The summed E-state index contributed by atoms with van der Waals surface area (Å²) in [4.78, 5) is 50.7. The number of aliphatic hydroxyl groups excluding tert-OH is 1. The van der Waals surface area contributed by atoms with E-state index in [0.717, 1.165) is 4.90 Å². The number of likely N-dealkylation sites (tertiary alicyclic amines) is 1. The van der Waals surface area contributed by atoms with Gasteiger partial charge < -0.3 is 31.1 Å². The molecule has 4 amide bonds. The number of nitrogens with one attached hydrogen (secondary N) is 2. The molecule has 10 nitrogen and oxygen atoms in total. The van der Waals surface area contributed by atoms with Crippen molar-refractivity contribution in [3.05, 3.63) is 35.9 Å². The lowest BCUT2D eigenvalue weighted by Crippen LogP contribution is -2.57. The second kappa shape index (κ2) is 10.6. The van der Waals surface area contributed by atoms with Gasteiger partial charge in [0.1, 0.15) is 23.1 Å². The summed E-state index contributed by atoms with van der Waals surface area (Å²) in [5, 5.41) is 13.8. The van der Waals surface area contributed by atoms with E-state index in [9.17, 15) is 24.3 Å². The quantitative estimate of drug-likeness (QED) is 0.426. The molecule has 2 rings (SSSR count). The maximum absolute atomic E-state index is 13.1. The minimum atomic E-state index is -1.28. The summed E-state index contributed by atoms with van der Waals surface area (Å²) in [7, 11) is 0. The van der Waals surface area contributed by atoms with E-state index in [1.807, 2.05) is 0 Å². The first-order chi connectivity index (χ1) is 14.9. The molecule has 0 saturated carbocycles. The van der Waals surface area contributed by atoms with Crippen molar-refractivity contribution in [1.29, 1.82) is 0 Å². The lowest BCUT2D eigenvalue weighted by Gasteiger charge is -2.29. The van der Waals surface area contributed by atoms with Gasteiger partial charge in [-0.25, -0.2) is 4.79 Å². The fourth-order valence-electron chi connectivity index (χ4n) is 3.24. The smallest absolute Gasteiger partial charge is 0.408 e. The molecule has 1 unspecified atom stereocenters.